The zero-order chi connectivity index (χ0) is 23.9. The molecule has 2 fully saturated rings. The lowest BCUT2D eigenvalue weighted by molar-refractivity contribution is -0.118. The normalized spacial score (nSPS) is 22.1. The maximum atomic E-state index is 14.8. The van der Waals surface area contributed by atoms with Gasteiger partial charge in [0.1, 0.15) is 5.82 Å². The highest BCUT2D eigenvalue weighted by Gasteiger charge is 2.33. The molecule has 0 aromatic heterocycles. The molecule has 2 aromatic carbocycles. The molecule has 1 saturated heterocycles. The van der Waals surface area contributed by atoms with Crippen molar-refractivity contribution in [1.29, 1.82) is 0 Å². The zero-order valence-corrected chi connectivity index (χ0v) is 19.7. The van der Waals surface area contributed by atoms with Crippen molar-refractivity contribution in [2.24, 2.45) is 10.9 Å². The summed E-state index contributed by atoms with van der Waals surface area (Å²) < 4.78 is 14.8. The summed E-state index contributed by atoms with van der Waals surface area (Å²) in [6.07, 6.45) is 3.84. The predicted octanol–water partition coefficient (Wildman–Crippen LogP) is 3.19. The first kappa shape index (κ1) is 22.2. The minimum atomic E-state index is -0.351. The lowest BCUT2D eigenvalue weighted by Crippen LogP contribution is -2.46. The van der Waals surface area contributed by atoms with Crippen LogP contribution in [0.3, 0.4) is 0 Å². The van der Waals surface area contributed by atoms with E-state index in [4.69, 9.17) is 0 Å². The third-order valence-electron chi connectivity index (χ3n) is 7.44. The summed E-state index contributed by atoms with van der Waals surface area (Å²) in [6, 6.07) is 11.3. The van der Waals surface area contributed by atoms with Gasteiger partial charge in [-0.3, -0.25) is 19.5 Å². The molecule has 7 nitrogen and oxygen atoms in total. The number of amides is 2. The molecule has 35 heavy (non-hydrogen) atoms. The Labute approximate surface area is 204 Å². The van der Waals surface area contributed by atoms with E-state index in [1.54, 1.807) is 12.1 Å². The minimum Gasteiger partial charge on any atom is -0.367 e. The molecule has 182 valence electrons. The number of nitrogens with zero attached hydrogens (tertiary/aromatic N) is 3. The van der Waals surface area contributed by atoms with E-state index >= 15 is 0 Å². The molecule has 4 aliphatic rings. The first-order valence-electron chi connectivity index (χ1n) is 12.6. The zero-order valence-electron chi connectivity index (χ0n) is 19.7. The van der Waals surface area contributed by atoms with Crippen LogP contribution in [0.15, 0.2) is 41.4 Å². The quantitative estimate of drug-likeness (QED) is 0.697. The molecule has 2 amide bonds. The second kappa shape index (κ2) is 9.07. The fourth-order valence-corrected chi connectivity index (χ4v) is 5.31. The predicted molar refractivity (Wildman–Crippen MR) is 134 cm³/mol. The fraction of sp³-hybridized carbons (Fsp3) is 0.444. The molecular weight excluding hydrogens is 445 g/mol. The van der Waals surface area contributed by atoms with Gasteiger partial charge in [0.2, 0.25) is 5.91 Å². The third kappa shape index (κ3) is 4.55. The summed E-state index contributed by atoms with van der Waals surface area (Å²) in [7, 11) is 0. The van der Waals surface area contributed by atoms with Gasteiger partial charge in [-0.25, -0.2) is 4.39 Å². The molecule has 1 unspecified atom stereocenters. The van der Waals surface area contributed by atoms with E-state index in [1.807, 2.05) is 4.90 Å². The van der Waals surface area contributed by atoms with Gasteiger partial charge in [0.25, 0.3) is 5.91 Å². The number of carbonyl (C=O) groups is 2. The number of anilines is 2. The van der Waals surface area contributed by atoms with Crippen LogP contribution in [0.1, 0.15) is 47.2 Å². The molecule has 8 heteroatoms. The Hall–Kier alpha value is -3.26. The van der Waals surface area contributed by atoms with Crippen molar-refractivity contribution in [1.82, 2.24) is 10.2 Å². The van der Waals surface area contributed by atoms with Crippen molar-refractivity contribution in [3.8, 4) is 0 Å². The van der Waals surface area contributed by atoms with Crippen molar-refractivity contribution in [2.75, 3.05) is 42.9 Å². The van der Waals surface area contributed by atoms with Gasteiger partial charge in [0.05, 0.1) is 23.0 Å². The Balaban J connectivity index is 1.08. The van der Waals surface area contributed by atoms with E-state index < -0.39 is 0 Å². The number of nitrogens with one attached hydrogen (secondary N) is 2. The number of hydrogen-bond donors (Lipinski definition) is 2. The Kier molecular flexibility index (Phi) is 5.76. The Morgan fingerprint density at radius 3 is 2.69 bits per heavy atom. The van der Waals surface area contributed by atoms with Gasteiger partial charge in [-0.2, -0.15) is 0 Å². The molecule has 0 spiro atoms. The van der Waals surface area contributed by atoms with Gasteiger partial charge in [-0.05, 0) is 55.5 Å². The van der Waals surface area contributed by atoms with E-state index in [-0.39, 0.29) is 29.6 Å². The molecular formula is C27H30FN5O2. The van der Waals surface area contributed by atoms with Crippen molar-refractivity contribution in [3.05, 3.63) is 58.9 Å². The maximum absolute atomic E-state index is 14.8. The smallest absolute Gasteiger partial charge is 0.251 e. The molecule has 0 radical (unpaired) electrons. The summed E-state index contributed by atoms with van der Waals surface area (Å²) >= 11 is 0. The van der Waals surface area contributed by atoms with Crippen LogP contribution in [0.25, 0.3) is 0 Å². The Morgan fingerprint density at radius 2 is 1.91 bits per heavy atom. The van der Waals surface area contributed by atoms with Crippen LogP contribution in [0, 0.1) is 11.7 Å². The van der Waals surface area contributed by atoms with Gasteiger partial charge < -0.3 is 15.5 Å². The minimum absolute atomic E-state index is 0.0554. The highest BCUT2D eigenvalue weighted by molar-refractivity contribution is 6.23. The Bertz CT molecular complexity index is 1200. The van der Waals surface area contributed by atoms with Crippen LogP contribution < -0.4 is 15.5 Å². The molecule has 1 aliphatic carbocycles. The summed E-state index contributed by atoms with van der Waals surface area (Å²) in [6.45, 7) is 4.61. The van der Waals surface area contributed by atoms with E-state index in [0.29, 0.717) is 24.3 Å². The first-order valence-corrected chi connectivity index (χ1v) is 12.6. The van der Waals surface area contributed by atoms with E-state index in [2.05, 4.69) is 38.7 Å². The van der Waals surface area contributed by atoms with Crippen molar-refractivity contribution >= 4 is 28.9 Å². The number of carbonyl (C=O) groups excluding carboxylic acids is 2. The lowest BCUT2D eigenvalue weighted by Gasteiger charge is -2.36. The molecule has 2 aromatic rings. The van der Waals surface area contributed by atoms with Gasteiger partial charge in [0, 0.05) is 56.4 Å². The van der Waals surface area contributed by atoms with Crippen molar-refractivity contribution in [3.63, 3.8) is 0 Å². The van der Waals surface area contributed by atoms with Crippen LogP contribution in [-0.4, -0.2) is 61.2 Å². The van der Waals surface area contributed by atoms with E-state index in [9.17, 15) is 14.0 Å². The molecule has 6 rings (SSSR count). The van der Waals surface area contributed by atoms with Gasteiger partial charge in [-0.15, -0.1) is 0 Å². The highest BCUT2D eigenvalue weighted by atomic mass is 19.1. The van der Waals surface area contributed by atoms with Gasteiger partial charge in [0.15, 0.2) is 0 Å². The Morgan fingerprint density at radius 1 is 1.09 bits per heavy atom. The van der Waals surface area contributed by atoms with Crippen molar-refractivity contribution in [2.45, 2.75) is 38.3 Å². The van der Waals surface area contributed by atoms with Crippen LogP contribution in [0.5, 0.6) is 0 Å². The number of rotatable bonds is 5. The highest BCUT2D eigenvalue weighted by Crippen LogP contribution is 2.32. The molecule has 1 saturated carbocycles. The SMILES string of the molecule is O=C(NC1CC1)c1ccc(N2CCN(Cc3ccc4c(c3)NC(=O)C3CCCN=C43)CC2)c(F)c1. The number of piperazine rings is 1. The van der Waals surface area contributed by atoms with E-state index in [1.165, 1.54) is 6.07 Å². The van der Waals surface area contributed by atoms with Crippen LogP contribution in [0.4, 0.5) is 15.8 Å². The van der Waals surface area contributed by atoms with E-state index in [0.717, 1.165) is 74.4 Å². The first-order chi connectivity index (χ1) is 17.0. The molecule has 0 bridgehead atoms. The lowest BCUT2D eigenvalue weighted by atomic mass is 9.85. The van der Waals surface area contributed by atoms with Crippen LogP contribution in [0.2, 0.25) is 0 Å². The molecule has 1 atom stereocenters. The average molecular weight is 476 g/mol. The number of halogens is 1. The second-order valence-electron chi connectivity index (χ2n) is 10.0. The fourth-order valence-electron chi connectivity index (χ4n) is 5.31. The van der Waals surface area contributed by atoms with Crippen LogP contribution >= 0.6 is 0 Å². The molecule has 2 N–H and O–H groups in total. The summed E-state index contributed by atoms with van der Waals surface area (Å²) in [5, 5.41) is 5.99. The average Bonchev–Trinajstić information content (AvgIpc) is 3.69. The monoisotopic (exact) mass is 475 g/mol. The second-order valence-corrected chi connectivity index (χ2v) is 10.0. The maximum Gasteiger partial charge on any atom is 0.251 e. The summed E-state index contributed by atoms with van der Waals surface area (Å²) in [5.74, 6) is -0.608. The molecule has 3 aliphatic heterocycles. The topological polar surface area (TPSA) is 77.0 Å². The third-order valence-corrected chi connectivity index (χ3v) is 7.44. The van der Waals surface area contributed by atoms with Crippen molar-refractivity contribution < 1.29 is 14.0 Å². The number of benzene rings is 2. The number of hydrogen-bond acceptors (Lipinski definition) is 5. The molecule has 3 heterocycles. The van der Waals surface area contributed by atoms with Gasteiger partial charge in [-0.1, -0.05) is 12.1 Å². The van der Waals surface area contributed by atoms with Crippen LogP contribution in [-0.2, 0) is 11.3 Å². The van der Waals surface area contributed by atoms with Gasteiger partial charge >= 0.3 is 0 Å². The summed E-state index contributed by atoms with van der Waals surface area (Å²) in [5.41, 5.74) is 4.91. The largest absolute Gasteiger partial charge is 0.367 e. The summed E-state index contributed by atoms with van der Waals surface area (Å²) in [4.78, 5) is 33.8. The number of aliphatic imine (C=N–C) groups is 1. The standard InChI is InChI=1S/C27H30FN5O2/c28-22-15-18(26(34)30-19-5-6-19)4-8-24(22)33-12-10-32(11-13-33)16-17-3-7-20-23(14-17)31-27(35)21-2-1-9-29-25(20)21/h3-4,7-8,14-15,19,21H,1-2,5-6,9-13,16H2,(H,30,34)(H,31,35). The number of fused-ring (bicyclic) bond motifs is 3.